The lowest BCUT2D eigenvalue weighted by molar-refractivity contribution is -0.118. The number of halogens is 1. The number of aryl methyl sites for hydroxylation is 1. The van der Waals surface area contributed by atoms with E-state index in [1.807, 2.05) is 14.0 Å². The molecule has 0 aliphatic heterocycles. The molecule has 0 aliphatic carbocycles. The van der Waals surface area contributed by atoms with Crippen LogP contribution in [0.3, 0.4) is 0 Å². The molecule has 0 radical (unpaired) electrons. The first kappa shape index (κ1) is 17.3. The third-order valence-electron chi connectivity index (χ3n) is 3.27. The van der Waals surface area contributed by atoms with E-state index in [1.165, 1.54) is 0 Å². The van der Waals surface area contributed by atoms with Crippen LogP contribution in [0.1, 0.15) is 24.9 Å². The molecular weight excluding hydrogens is 316 g/mol. The summed E-state index contributed by atoms with van der Waals surface area (Å²) in [6, 6.07) is 4.72. The number of carbonyl (C=O) groups is 1. The van der Waals surface area contributed by atoms with Crippen molar-refractivity contribution in [3.8, 4) is 5.75 Å². The molecule has 0 saturated heterocycles. The Bertz CT molecular complexity index is 672. The zero-order chi connectivity index (χ0) is 16.8. The zero-order valence-electron chi connectivity index (χ0n) is 13.5. The molecule has 0 bridgehead atoms. The fraction of sp³-hybridized carbons (Fsp3) is 0.375. The first-order valence-electron chi connectivity index (χ1n) is 7.44. The second-order valence-corrected chi connectivity index (χ2v) is 5.56. The molecule has 7 heteroatoms. The van der Waals surface area contributed by atoms with E-state index in [0.29, 0.717) is 23.1 Å². The van der Waals surface area contributed by atoms with Gasteiger partial charge in [-0.15, -0.1) is 0 Å². The minimum atomic E-state index is -0.488. The van der Waals surface area contributed by atoms with Gasteiger partial charge in [0.25, 0.3) is 0 Å². The van der Waals surface area contributed by atoms with Crippen molar-refractivity contribution in [3.05, 3.63) is 41.2 Å². The van der Waals surface area contributed by atoms with Crippen LogP contribution in [0.15, 0.2) is 30.6 Å². The number of benzene rings is 1. The van der Waals surface area contributed by atoms with Gasteiger partial charge in [-0.1, -0.05) is 18.5 Å². The Balaban J connectivity index is 2.08. The smallest absolute Gasteiger partial charge is 0.246 e. The Morgan fingerprint density at radius 1 is 1.48 bits per heavy atom. The van der Waals surface area contributed by atoms with E-state index in [-0.39, 0.29) is 5.91 Å². The van der Waals surface area contributed by atoms with Crippen molar-refractivity contribution in [2.24, 2.45) is 7.05 Å². The normalized spacial score (nSPS) is 12.0. The Labute approximate surface area is 140 Å². The maximum absolute atomic E-state index is 12.4. The molecule has 2 N–H and O–H groups in total. The minimum absolute atomic E-state index is 0.182. The highest BCUT2D eigenvalue weighted by Crippen LogP contribution is 2.28. The molecule has 0 fully saturated rings. The molecule has 124 valence electrons. The maximum Gasteiger partial charge on any atom is 0.246 e. The van der Waals surface area contributed by atoms with Crippen molar-refractivity contribution in [3.63, 3.8) is 0 Å². The molecule has 6 nitrogen and oxygen atoms in total. The molecule has 1 aromatic carbocycles. The predicted octanol–water partition coefficient (Wildman–Crippen LogP) is 2.76. The summed E-state index contributed by atoms with van der Waals surface area (Å²) in [4.78, 5) is 12.4. The number of anilines is 1. The standard InChI is InChI=1S/C16H21ClN4O2/c1-4-7-23-14-6-5-12(8-13(14)17)20-16(22)15(18-2)11-9-19-21(3)10-11/h5-6,8-10,15,18H,4,7H2,1-3H3,(H,20,22). The van der Waals surface area contributed by atoms with Crippen LogP contribution in [-0.4, -0.2) is 29.3 Å². The Morgan fingerprint density at radius 2 is 2.26 bits per heavy atom. The van der Waals surface area contributed by atoms with E-state index in [0.717, 1.165) is 12.0 Å². The lowest BCUT2D eigenvalue weighted by Crippen LogP contribution is -2.30. The lowest BCUT2D eigenvalue weighted by Gasteiger charge is -2.15. The molecule has 2 rings (SSSR count). The van der Waals surface area contributed by atoms with Gasteiger partial charge in [0.15, 0.2) is 0 Å². The Morgan fingerprint density at radius 3 is 2.83 bits per heavy atom. The SMILES string of the molecule is CCCOc1ccc(NC(=O)C(NC)c2cnn(C)c2)cc1Cl. The fourth-order valence-electron chi connectivity index (χ4n) is 2.16. The summed E-state index contributed by atoms with van der Waals surface area (Å²) in [6.07, 6.45) is 4.37. The summed E-state index contributed by atoms with van der Waals surface area (Å²) in [5.74, 6) is 0.433. The lowest BCUT2D eigenvalue weighted by atomic mass is 10.1. The first-order chi connectivity index (χ1) is 11.0. The first-order valence-corrected chi connectivity index (χ1v) is 7.82. The van der Waals surface area contributed by atoms with Crippen molar-refractivity contribution in [2.75, 3.05) is 19.0 Å². The third-order valence-corrected chi connectivity index (χ3v) is 3.57. The monoisotopic (exact) mass is 336 g/mol. The van der Waals surface area contributed by atoms with E-state index in [2.05, 4.69) is 15.7 Å². The van der Waals surface area contributed by atoms with Gasteiger partial charge in [0.05, 0.1) is 17.8 Å². The van der Waals surface area contributed by atoms with Crippen molar-refractivity contribution >= 4 is 23.2 Å². The quantitative estimate of drug-likeness (QED) is 0.815. The average molecular weight is 337 g/mol. The largest absolute Gasteiger partial charge is 0.492 e. The average Bonchev–Trinajstić information content (AvgIpc) is 2.93. The summed E-state index contributed by atoms with van der Waals surface area (Å²) < 4.78 is 7.18. The summed E-state index contributed by atoms with van der Waals surface area (Å²) in [6.45, 7) is 2.63. The van der Waals surface area contributed by atoms with Gasteiger partial charge in [-0.2, -0.15) is 5.10 Å². The highest BCUT2D eigenvalue weighted by Gasteiger charge is 2.20. The summed E-state index contributed by atoms with van der Waals surface area (Å²) in [5, 5.41) is 10.4. The van der Waals surface area contributed by atoms with Gasteiger partial charge >= 0.3 is 0 Å². The van der Waals surface area contributed by atoms with Crippen LogP contribution in [0.4, 0.5) is 5.69 Å². The number of nitrogens with zero attached hydrogens (tertiary/aromatic N) is 2. The minimum Gasteiger partial charge on any atom is -0.492 e. The molecule has 0 aliphatic rings. The maximum atomic E-state index is 12.4. The van der Waals surface area contributed by atoms with Gasteiger partial charge < -0.3 is 15.4 Å². The van der Waals surface area contributed by atoms with Gasteiger partial charge in [-0.25, -0.2) is 0 Å². The van der Waals surface area contributed by atoms with Crippen molar-refractivity contribution < 1.29 is 9.53 Å². The number of aromatic nitrogens is 2. The van der Waals surface area contributed by atoms with Crippen LogP contribution in [0, 0.1) is 0 Å². The van der Waals surface area contributed by atoms with Crippen LogP contribution in [0.2, 0.25) is 5.02 Å². The fourth-order valence-corrected chi connectivity index (χ4v) is 2.40. The zero-order valence-corrected chi connectivity index (χ0v) is 14.2. The molecule has 1 atom stereocenters. The summed E-state index contributed by atoms with van der Waals surface area (Å²) in [7, 11) is 3.54. The van der Waals surface area contributed by atoms with E-state index in [1.54, 1.807) is 42.3 Å². The second kappa shape index (κ2) is 7.99. The molecule has 2 aromatic rings. The molecule has 1 aromatic heterocycles. The molecule has 1 unspecified atom stereocenters. The molecule has 0 saturated carbocycles. The molecular formula is C16H21ClN4O2. The van der Waals surface area contributed by atoms with Crippen molar-refractivity contribution in [1.29, 1.82) is 0 Å². The number of ether oxygens (including phenoxy) is 1. The summed E-state index contributed by atoms with van der Waals surface area (Å²) >= 11 is 6.18. The second-order valence-electron chi connectivity index (χ2n) is 5.15. The number of carbonyl (C=O) groups excluding carboxylic acids is 1. The molecule has 1 heterocycles. The van der Waals surface area contributed by atoms with Crippen LogP contribution in [0.5, 0.6) is 5.75 Å². The van der Waals surface area contributed by atoms with Gasteiger partial charge in [-0.3, -0.25) is 9.48 Å². The van der Waals surface area contributed by atoms with Gasteiger partial charge in [-0.05, 0) is 31.7 Å². The summed E-state index contributed by atoms with van der Waals surface area (Å²) in [5.41, 5.74) is 1.41. The molecule has 1 amide bonds. The Kier molecular flexibility index (Phi) is 6.01. The molecule has 0 spiro atoms. The van der Waals surface area contributed by atoms with Gasteiger partial charge in [0, 0.05) is 24.5 Å². The highest BCUT2D eigenvalue weighted by molar-refractivity contribution is 6.32. The topological polar surface area (TPSA) is 68.2 Å². The van der Waals surface area contributed by atoms with Crippen LogP contribution < -0.4 is 15.4 Å². The van der Waals surface area contributed by atoms with E-state index in [9.17, 15) is 4.79 Å². The van der Waals surface area contributed by atoms with Crippen LogP contribution >= 0.6 is 11.6 Å². The van der Waals surface area contributed by atoms with E-state index < -0.39 is 6.04 Å². The molecule has 23 heavy (non-hydrogen) atoms. The number of nitrogens with one attached hydrogen (secondary N) is 2. The van der Waals surface area contributed by atoms with Crippen molar-refractivity contribution in [1.82, 2.24) is 15.1 Å². The van der Waals surface area contributed by atoms with Gasteiger partial charge in [0.1, 0.15) is 11.8 Å². The van der Waals surface area contributed by atoms with Crippen LogP contribution in [0.25, 0.3) is 0 Å². The van der Waals surface area contributed by atoms with E-state index in [4.69, 9.17) is 16.3 Å². The number of hydrogen-bond acceptors (Lipinski definition) is 4. The number of hydrogen-bond donors (Lipinski definition) is 2. The highest BCUT2D eigenvalue weighted by atomic mass is 35.5. The predicted molar refractivity (Wildman–Crippen MR) is 90.9 cm³/mol. The van der Waals surface area contributed by atoms with E-state index >= 15 is 0 Å². The van der Waals surface area contributed by atoms with Crippen LogP contribution in [-0.2, 0) is 11.8 Å². The third kappa shape index (κ3) is 4.46. The number of likely N-dealkylation sites (N-methyl/N-ethyl adjacent to an activating group) is 1. The van der Waals surface area contributed by atoms with Crippen molar-refractivity contribution in [2.45, 2.75) is 19.4 Å². The number of rotatable bonds is 7. The Hall–Kier alpha value is -2.05. The van der Waals surface area contributed by atoms with Gasteiger partial charge in [0.2, 0.25) is 5.91 Å². The number of amides is 1.